The van der Waals surface area contributed by atoms with E-state index in [4.69, 9.17) is 9.47 Å². The number of thiazole rings is 1. The van der Waals surface area contributed by atoms with E-state index in [0.717, 1.165) is 29.5 Å². The van der Waals surface area contributed by atoms with Crippen LogP contribution in [-0.2, 0) is 0 Å². The predicted octanol–water partition coefficient (Wildman–Crippen LogP) is 2.58. The summed E-state index contributed by atoms with van der Waals surface area (Å²) in [5.41, 5.74) is 1.35. The lowest BCUT2D eigenvalue weighted by Crippen LogP contribution is -2.49. The summed E-state index contributed by atoms with van der Waals surface area (Å²) in [7, 11) is 3.20. The lowest BCUT2D eigenvalue weighted by atomic mass is 10.2. The Morgan fingerprint density at radius 3 is 2.55 bits per heavy atom. The lowest BCUT2D eigenvalue weighted by Gasteiger charge is -2.34. The first-order valence-corrected chi connectivity index (χ1v) is 10.1. The van der Waals surface area contributed by atoms with Crippen molar-refractivity contribution in [3.05, 3.63) is 47.9 Å². The van der Waals surface area contributed by atoms with E-state index < -0.39 is 0 Å². The van der Waals surface area contributed by atoms with Crippen molar-refractivity contribution in [2.75, 3.05) is 45.3 Å². The number of amides is 1. The maximum atomic E-state index is 12.9. The van der Waals surface area contributed by atoms with Crippen molar-refractivity contribution in [3.8, 4) is 22.1 Å². The molecule has 150 valence electrons. The van der Waals surface area contributed by atoms with Gasteiger partial charge < -0.3 is 19.3 Å². The number of rotatable bonds is 5. The topological polar surface area (TPSA) is 80.7 Å². The van der Waals surface area contributed by atoms with Gasteiger partial charge in [-0.25, -0.2) is 9.97 Å². The summed E-state index contributed by atoms with van der Waals surface area (Å²) in [6, 6.07) is 5.61. The number of carbonyl (C=O) groups is 1. The maximum absolute atomic E-state index is 12.9. The second kappa shape index (κ2) is 8.44. The van der Waals surface area contributed by atoms with Crippen molar-refractivity contribution < 1.29 is 14.3 Å². The van der Waals surface area contributed by atoms with Crippen LogP contribution in [0, 0.1) is 0 Å². The van der Waals surface area contributed by atoms with Gasteiger partial charge in [-0.15, -0.1) is 11.3 Å². The van der Waals surface area contributed by atoms with E-state index in [2.05, 4.69) is 19.9 Å². The molecule has 29 heavy (non-hydrogen) atoms. The summed E-state index contributed by atoms with van der Waals surface area (Å²) < 4.78 is 10.6. The Labute approximate surface area is 172 Å². The van der Waals surface area contributed by atoms with Gasteiger partial charge in [-0.05, 0) is 18.2 Å². The van der Waals surface area contributed by atoms with Crippen molar-refractivity contribution >= 4 is 23.1 Å². The molecule has 0 bridgehead atoms. The van der Waals surface area contributed by atoms with Crippen molar-refractivity contribution in [3.63, 3.8) is 0 Å². The number of benzene rings is 1. The molecule has 0 radical (unpaired) electrons. The zero-order valence-corrected chi connectivity index (χ0v) is 17.1. The number of hydrogen-bond donors (Lipinski definition) is 0. The molecule has 4 rings (SSSR count). The zero-order chi connectivity index (χ0) is 20.2. The van der Waals surface area contributed by atoms with Crippen LogP contribution in [0.5, 0.6) is 11.5 Å². The van der Waals surface area contributed by atoms with E-state index in [-0.39, 0.29) is 5.91 Å². The van der Waals surface area contributed by atoms with Gasteiger partial charge in [0.15, 0.2) is 11.5 Å². The molecule has 0 spiro atoms. The predicted molar refractivity (Wildman–Crippen MR) is 111 cm³/mol. The minimum absolute atomic E-state index is 0.0493. The number of aromatic nitrogens is 3. The molecule has 0 atom stereocenters. The van der Waals surface area contributed by atoms with Crippen molar-refractivity contribution in [2.45, 2.75) is 0 Å². The van der Waals surface area contributed by atoms with Gasteiger partial charge in [-0.3, -0.25) is 9.78 Å². The van der Waals surface area contributed by atoms with E-state index in [1.807, 2.05) is 28.5 Å². The highest BCUT2D eigenvalue weighted by molar-refractivity contribution is 7.13. The molecule has 1 aromatic carbocycles. The molecule has 0 saturated carbocycles. The molecule has 3 heterocycles. The molecule has 0 N–H and O–H groups in total. The molecular weight excluding hydrogens is 390 g/mol. The Bertz CT molecular complexity index is 987. The van der Waals surface area contributed by atoms with Crippen LogP contribution in [0.15, 0.2) is 42.2 Å². The van der Waals surface area contributed by atoms with E-state index in [9.17, 15) is 4.79 Å². The average Bonchev–Trinajstić information content (AvgIpc) is 3.29. The fourth-order valence-corrected chi connectivity index (χ4v) is 4.02. The summed E-state index contributed by atoms with van der Waals surface area (Å²) in [4.78, 5) is 29.8. The summed E-state index contributed by atoms with van der Waals surface area (Å²) in [6.07, 6.45) is 5.08. The van der Waals surface area contributed by atoms with Crippen LogP contribution in [0.3, 0.4) is 0 Å². The van der Waals surface area contributed by atoms with Crippen LogP contribution in [0.25, 0.3) is 10.6 Å². The highest BCUT2D eigenvalue weighted by Gasteiger charge is 2.24. The second-order valence-corrected chi connectivity index (χ2v) is 7.31. The first-order chi connectivity index (χ1) is 14.2. The maximum Gasteiger partial charge on any atom is 0.273 e. The van der Waals surface area contributed by atoms with E-state index in [1.54, 1.807) is 32.8 Å². The van der Waals surface area contributed by atoms with Crippen molar-refractivity contribution in [2.24, 2.45) is 0 Å². The fraction of sp³-hybridized carbons (Fsp3) is 0.300. The quantitative estimate of drug-likeness (QED) is 0.638. The van der Waals surface area contributed by atoms with Gasteiger partial charge in [0.05, 0.1) is 20.4 Å². The van der Waals surface area contributed by atoms with Crippen molar-refractivity contribution in [1.82, 2.24) is 19.9 Å². The van der Waals surface area contributed by atoms with E-state index >= 15 is 0 Å². The van der Waals surface area contributed by atoms with Gasteiger partial charge >= 0.3 is 0 Å². The molecule has 0 aliphatic carbocycles. The Morgan fingerprint density at radius 1 is 1.07 bits per heavy atom. The average molecular weight is 411 g/mol. The zero-order valence-electron chi connectivity index (χ0n) is 16.2. The van der Waals surface area contributed by atoms with Gasteiger partial charge in [0.25, 0.3) is 5.91 Å². The molecule has 1 fully saturated rings. The minimum atomic E-state index is -0.0493. The molecule has 1 aliphatic rings. The SMILES string of the molecule is COc1ccc(-c2nc(C(=O)N3CCN(c4cnccn4)CC3)cs2)cc1OC. The number of nitrogens with zero attached hydrogens (tertiary/aromatic N) is 5. The number of methoxy groups -OCH3 is 2. The molecule has 0 unspecified atom stereocenters. The van der Waals surface area contributed by atoms with Crippen LogP contribution in [0.4, 0.5) is 5.82 Å². The molecule has 2 aromatic heterocycles. The minimum Gasteiger partial charge on any atom is -0.493 e. The smallest absolute Gasteiger partial charge is 0.273 e. The van der Waals surface area contributed by atoms with Crippen molar-refractivity contribution in [1.29, 1.82) is 0 Å². The van der Waals surface area contributed by atoms with Crippen LogP contribution in [0.2, 0.25) is 0 Å². The Kier molecular flexibility index (Phi) is 5.57. The Hall–Kier alpha value is -3.20. The highest BCUT2D eigenvalue weighted by atomic mass is 32.1. The number of hydrogen-bond acceptors (Lipinski definition) is 8. The monoisotopic (exact) mass is 411 g/mol. The lowest BCUT2D eigenvalue weighted by molar-refractivity contribution is 0.0741. The first kappa shape index (κ1) is 19.1. The number of ether oxygens (including phenoxy) is 2. The van der Waals surface area contributed by atoms with Crippen LogP contribution >= 0.6 is 11.3 Å². The Morgan fingerprint density at radius 2 is 1.86 bits per heavy atom. The normalized spacial score (nSPS) is 14.0. The molecule has 9 heteroatoms. The Balaban J connectivity index is 1.44. The number of carbonyl (C=O) groups excluding carboxylic acids is 1. The third kappa shape index (κ3) is 4.00. The fourth-order valence-electron chi connectivity index (χ4n) is 3.23. The molecule has 1 amide bonds. The third-order valence-corrected chi connectivity index (χ3v) is 5.69. The van der Waals surface area contributed by atoms with Gasteiger partial charge in [-0.1, -0.05) is 0 Å². The van der Waals surface area contributed by atoms with Crippen LogP contribution in [0.1, 0.15) is 10.5 Å². The van der Waals surface area contributed by atoms with Gasteiger partial charge in [0.1, 0.15) is 16.5 Å². The van der Waals surface area contributed by atoms with Gasteiger partial charge in [-0.2, -0.15) is 0 Å². The highest BCUT2D eigenvalue weighted by Crippen LogP contribution is 2.33. The summed E-state index contributed by atoms with van der Waals surface area (Å²) >= 11 is 1.44. The number of piperazine rings is 1. The van der Waals surface area contributed by atoms with Gasteiger partial charge in [0, 0.05) is 49.5 Å². The molecule has 8 nitrogen and oxygen atoms in total. The van der Waals surface area contributed by atoms with E-state index in [1.165, 1.54) is 11.3 Å². The molecule has 1 aliphatic heterocycles. The molecule has 3 aromatic rings. The third-order valence-electron chi connectivity index (χ3n) is 4.79. The van der Waals surface area contributed by atoms with Crippen LogP contribution < -0.4 is 14.4 Å². The summed E-state index contributed by atoms with van der Waals surface area (Å²) in [5.74, 6) is 2.08. The molecule has 1 saturated heterocycles. The molecular formula is C20H21N5O3S. The second-order valence-electron chi connectivity index (χ2n) is 6.45. The summed E-state index contributed by atoms with van der Waals surface area (Å²) in [5, 5.41) is 2.58. The first-order valence-electron chi connectivity index (χ1n) is 9.17. The standard InChI is InChI=1S/C20H21N5O3S/c1-27-16-4-3-14(11-17(16)28-2)19-23-15(13-29-19)20(26)25-9-7-24(8-10-25)18-12-21-5-6-22-18/h3-6,11-13H,7-10H2,1-2H3. The largest absolute Gasteiger partial charge is 0.493 e. The van der Waals surface area contributed by atoms with Gasteiger partial charge in [0.2, 0.25) is 0 Å². The summed E-state index contributed by atoms with van der Waals surface area (Å²) in [6.45, 7) is 2.69. The van der Waals surface area contributed by atoms with E-state index in [0.29, 0.717) is 30.3 Å². The van der Waals surface area contributed by atoms with Crippen LogP contribution in [-0.4, -0.2) is 66.2 Å². The number of anilines is 1.